The quantitative estimate of drug-likeness (QED) is 0.303. The second-order valence-electron chi connectivity index (χ2n) is 6.57. The Bertz CT molecular complexity index is 1070. The van der Waals surface area contributed by atoms with Gasteiger partial charge in [-0.15, -0.1) is 0 Å². The second-order valence-corrected chi connectivity index (χ2v) is 6.57. The van der Waals surface area contributed by atoms with Gasteiger partial charge >= 0.3 is 5.97 Å². The van der Waals surface area contributed by atoms with Crippen LogP contribution in [-0.4, -0.2) is 39.6 Å². The van der Waals surface area contributed by atoms with Crippen molar-refractivity contribution in [2.45, 2.75) is 13.5 Å². The number of rotatable bonds is 10. The number of hydrazone groups is 1. The summed E-state index contributed by atoms with van der Waals surface area (Å²) < 4.78 is 21.2. The van der Waals surface area contributed by atoms with Crippen molar-refractivity contribution in [1.82, 2.24) is 5.43 Å². The van der Waals surface area contributed by atoms with Gasteiger partial charge in [0, 0.05) is 5.56 Å². The molecule has 0 saturated heterocycles. The molecular formula is C24H26N2O5. The van der Waals surface area contributed by atoms with Crippen molar-refractivity contribution >= 4 is 23.0 Å². The first-order valence-electron chi connectivity index (χ1n) is 9.93. The second kappa shape index (κ2) is 10.9. The molecule has 7 heteroatoms. The third-order valence-corrected chi connectivity index (χ3v) is 4.60. The molecule has 0 aliphatic carbocycles. The van der Waals surface area contributed by atoms with Crippen LogP contribution < -0.4 is 19.6 Å². The SMILES string of the molecule is CCOC(=O)COc1ccc2ccccc2c1/C=N/NCc1ccc(OC)c(OC)c1. The van der Waals surface area contributed by atoms with Crippen LogP contribution in [0.25, 0.3) is 10.8 Å². The fraction of sp³-hybridized carbons (Fsp3) is 0.250. The van der Waals surface area contributed by atoms with Gasteiger partial charge in [-0.3, -0.25) is 0 Å². The monoisotopic (exact) mass is 422 g/mol. The zero-order chi connectivity index (χ0) is 22.1. The van der Waals surface area contributed by atoms with Crippen molar-refractivity contribution in [3.8, 4) is 17.2 Å². The smallest absolute Gasteiger partial charge is 0.344 e. The molecule has 3 aromatic carbocycles. The lowest BCUT2D eigenvalue weighted by atomic mass is 10.0. The molecule has 0 atom stereocenters. The Labute approximate surface area is 181 Å². The fourth-order valence-electron chi connectivity index (χ4n) is 3.11. The highest BCUT2D eigenvalue weighted by atomic mass is 16.6. The van der Waals surface area contributed by atoms with E-state index < -0.39 is 5.97 Å². The largest absolute Gasteiger partial charge is 0.493 e. The molecular weight excluding hydrogens is 396 g/mol. The number of nitrogens with one attached hydrogen (secondary N) is 1. The van der Waals surface area contributed by atoms with Crippen molar-refractivity contribution in [1.29, 1.82) is 0 Å². The summed E-state index contributed by atoms with van der Waals surface area (Å²) in [6.07, 6.45) is 1.70. The minimum absolute atomic E-state index is 0.161. The van der Waals surface area contributed by atoms with E-state index in [2.05, 4.69) is 10.5 Å². The summed E-state index contributed by atoms with van der Waals surface area (Å²) in [5.74, 6) is 1.48. The van der Waals surface area contributed by atoms with E-state index in [0.717, 1.165) is 21.9 Å². The molecule has 7 nitrogen and oxygen atoms in total. The molecule has 0 saturated carbocycles. The van der Waals surface area contributed by atoms with Crippen LogP contribution >= 0.6 is 0 Å². The summed E-state index contributed by atoms with van der Waals surface area (Å²) in [5.41, 5.74) is 4.81. The predicted octanol–water partition coefficient (Wildman–Crippen LogP) is 3.92. The van der Waals surface area contributed by atoms with Crippen LogP contribution in [0.15, 0.2) is 59.7 Å². The highest BCUT2D eigenvalue weighted by molar-refractivity contribution is 6.02. The van der Waals surface area contributed by atoms with Crippen LogP contribution in [0, 0.1) is 0 Å². The Morgan fingerprint density at radius 1 is 1.00 bits per heavy atom. The summed E-state index contributed by atoms with van der Waals surface area (Å²) >= 11 is 0. The minimum Gasteiger partial charge on any atom is -0.493 e. The number of hydrogen-bond donors (Lipinski definition) is 1. The number of fused-ring (bicyclic) bond motifs is 1. The number of ether oxygens (including phenoxy) is 4. The first kappa shape index (κ1) is 22.0. The number of nitrogens with zero attached hydrogens (tertiary/aromatic N) is 1. The Kier molecular flexibility index (Phi) is 7.70. The average Bonchev–Trinajstić information content (AvgIpc) is 2.80. The van der Waals surface area contributed by atoms with Gasteiger partial charge in [-0.25, -0.2) is 4.79 Å². The molecule has 0 amide bonds. The summed E-state index contributed by atoms with van der Waals surface area (Å²) in [7, 11) is 3.21. The molecule has 0 aliphatic heterocycles. The Hall–Kier alpha value is -3.74. The van der Waals surface area contributed by atoms with Crippen LogP contribution in [-0.2, 0) is 16.1 Å². The van der Waals surface area contributed by atoms with E-state index in [9.17, 15) is 4.79 Å². The van der Waals surface area contributed by atoms with Crippen LogP contribution in [0.3, 0.4) is 0 Å². The molecule has 3 rings (SSSR count). The van der Waals surface area contributed by atoms with Crippen LogP contribution in [0.4, 0.5) is 0 Å². The first-order chi connectivity index (χ1) is 15.2. The van der Waals surface area contributed by atoms with Crippen LogP contribution in [0.1, 0.15) is 18.1 Å². The van der Waals surface area contributed by atoms with Crippen molar-refractivity contribution in [2.24, 2.45) is 5.10 Å². The van der Waals surface area contributed by atoms with Gasteiger partial charge in [0.2, 0.25) is 0 Å². The molecule has 0 unspecified atom stereocenters. The van der Waals surface area contributed by atoms with Gasteiger partial charge in [0.15, 0.2) is 18.1 Å². The van der Waals surface area contributed by atoms with E-state index in [0.29, 0.717) is 30.4 Å². The molecule has 0 bridgehead atoms. The fourth-order valence-corrected chi connectivity index (χ4v) is 3.11. The number of methoxy groups -OCH3 is 2. The zero-order valence-corrected chi connectivity index (χ0v) is 17.9. The van der Waals surface area contributed by atoms with E-state index in [-0.39, 0.29) is 6.61 Å². The van der Waals surface area contributed by atoms with Gasteiger partial charge in [0.05, 0.1) is 33.6 Å². The maximum Gasteiger partial charge on any atom is 0.344 e. The molecule has 0 fully saturated rings. The Balaban J connectivity index is 1.76. The van der Waals surface area contributed by atoms with Gasteiger partial charge in [-0.05, 0) is 41.5 Å². The molecule has 162 valence electrons. The lowest BCUT2D eigenvalue weighted by Crippen LogP contribution is -2.15. The standard InChI is InChI=1S/C24H26N2O5/c1-4-30-24(27)16-31-21-12-10-18-7-5-6-8-19(18)20(21)15-26-25-14-17-9-11-22(28-2)23(13-17)29-3/h5-13,15,25H,4,14,16H2,1-3H3/b26-15+. The molecule has 0 radical (unpaired) electrons. The third-order valence-electron chi connectivity index (χ3n) is 4.60. The van der Waals surface area contributed by atoms with E-state index >= 15 is 0 Å². The maximum absolute atomic E-state index is 11.7. The van der Waals surface area contributed by atoms with Crippen molar-refractivity contribution < 1.29 is 23.7 Å². The molecule has 0 spiro atoms. The zero-order valence-electron chi connectivity index (χ0n) is 17.9. The van der Waals surface area contributed by atoms with E-state index in [1.807, 2.05) is 54.6 Å². The van der Waals surface area contributed by atoms with E-state index in [1.165, 1.54) is 0 Å². The third kappa shape index (κ3) is 5.66. The first-order valence-corrected chi connectivity index (χ1v) is 9.93. The summed E-state index contributed by atoms with van der Waals surface area (Å²) in [6, 6.07) is 17.4. The number of benzene rings is 3. The normalized spacial score (nSPS) is 10.8. The molecule has 1 N–H and O–H groups in total. The number of carbonyl (C=O) groups excluding carboxylic acids is 1. The van der Waals surface area contributed by atoms with Crippen LogP contribution in [0.5, 0.6) is 17.2 Å². The predicted molar refractivity (Wildman–Crippen MR) is 120 cm³/mol. The topological polar surface area (TPSA) is 78.4 Å². The summed E-state index contributed by atoms with van der Waals surface area (Å²) in [6.45, 7) is 2.41. The van der Waals surface area contributed by atoms with Gasteiger partial charge < -0.3 is 24.4 Å². The van der Waals surface area contributed by atoms with Crippen LogP contribution in [0.2, 0.25) is 0 Å². The number of carbonyl (C=O) groups is 1. The highest BCUT2D eigenvalue weighted by Crippen LogP contribution is 2.28. The summed E-state index contributed by atoms with van der Waals surface area (Å²) in [5, 5.41) is 6.39. The summed E-state index contributed by atoms with van der Waals surface area (Å²) in [4.78, 5) is 11.7. The van der Waals surface area contributed by atoms with E-state index in [1.54, 1.807) is 27.4 Å². The lowest BCUT2D eigenvalue weighted by molar-refractivity contribution is -0.145. The average molecular weight is 422 g/mol. The van der Waals surface area contributed by atoms with Crippen molar-refractivity contribution in [2.75, 3.05) is 27.4 Å². The highest BCUT2D eigenvalue weighted by Gasteiger charge is 2.10. The molecule has 31 heavy (non-hydrogen) atoms. The Morgan fingerprint density at radius 2 is 1.77 bits per heavy atom. The van der Waals surface area contributed by atoms with Gasteiger partial charge in [-0.2, -0.15) is 5.10 Å². The van der Waals surface area contributed by atoms with Crippen molar-refractivity contribution in [3.05, 3.63) is 65.7 Å². The van der Waals surface area contributed by atoms with E-state index in [4.69, 9.17) is 18.9 Å². The number of hydrogen-bond acceptors (Lipinski definition) is 7. The molecule has 0 heterocycles. The lowest BCUT2D eigenvalue weighted by Gasteiger charge is -2.12. The van der Waals surface area contributed by atoms with Gasteiger partial charge in [0.25, 0.3) is 0 Å². The maximum atomic E-state index is 11.7. The molecule has 3 aromatic rings. The van der Waals surface area contributed by atoms with Gasteiger partial charge in [0.1, 0.15) is 5.75 Å². The van der Waals surface area contributed by atoms with Gasteiger partial charge in [-0.1, -0.05) is 36.4 Å². The molecule has 0 aromatic heterocycles. The number of esters is 1. The Morgan fingerprint density at radius 3 is 2.55 bits per heavy atom. The minimum atomic E-state index is -0.412. The van der Waals surface area contributed by atoms with Crippen molar-refractivity contribution in [3.63, 3.8) is 0 Å². The molecule has 0 aliphatic rings.